The largest absolute Gasteiger partial charge is 0.416 e. The van der Waals surface area contributed by atoms with Crippen LogP contribution in [0.4, 0.5) is 13.2 Å². The predicted molar refractivity (Wildman–Crippen MR) is 204 cm³/mol. The normalized spacial score (nSPS) is 14.0. The summed E-state index contributed by atoms with van der Waals surface area (Å²) < 4.78 is 38.8. The van der Waals surface area contributed by atoms with E-state index in [0.717, 1.165) is 23.3 Å². The molecule has 0 saturated carbocycles. The van der Waals surface area contributed by atoms with Gasteiger partial charge in [-0.2, -0.15) is 13.2 Å². The Morgan fingerprint density at radius 2 is 1.24 bits per heavy atom. The van der Waals surface area contributed by atoms with E-state index in [2.05, 4.69) is 36.8 Å². The summed E-state index contributed by atoms with van der Waals surface area (Å²) in [6.45, 7) is 3.42. The van der Waals surface area contributed by atoms with E-state index in [0.29, 0.717) is 49.9 Å². The maximum Gasteiger partial charge on any atom is 0.416 e. The molecule has 3 aromatic rings. The van der Waals surface area contributed by atoms with Gasteiger partial charge in [-0.1, -0.05) is 54.6 Å². The second kappa shape index (κ2) is 21.1. The fourth-order valence-electron chi connectivity index (χ4n) is 5.43. The number of rotatable bonds is 20. The molecule has 0 aromatic heterocycles. The van der Waals surface area contributed by atoms with Crippen LogP contribution in [0, 0.1) is 0 Å². The molecule has 0 bridgehead atoms. The van der Waals surface area contributed by atoms with Gasteiger partial charge in [-0.15, -0.1) is 0 Å². The van der Waals surface area contributed by atoms with Crippen molar-refractivity contribution in [3.8, 4) is 11.1 Å². The molecule has 0 spiro atoms. The van der Waals surface area contributed by atoms with Crippen LogP contribution in [0.25, 0.3) is 11.1 Å². The number of alkyl halides is 3. The van der Waals surface area contributed by atoms with Gasteiger partial charge in [0, 0.05) is 12.1 Å². The molecule has 295 valence electrons. The van der Waals surface area contributed by atoms with Gasteiger partial charge in [-0.05, 0) is 106 Å². The van der Waals surface area contributed by atoms with E-state index in [4.69, 9.17) is 11.5 Å². The molecule has 3 rings (SSSR count). The molecule has 0 unspecified atom stereocenters. The molecule has 0 fully saturated rings. The zero-order valence-corrected chi connectivity index (χ0v) is 31.9. The van der Waals surface area contributed by atoms with Crippen molar-refractivity contribution in [2.75, 3.05) is 13.1 Å². The first-order chi connectivity index (χ1) is 26.0. The third-order valence-corrected chi connectivity index (χ3v) is 9.07. The quantitative estimate of drug-likeness (QED) is 0.0676. The van der Waals surface area contributed by atoms with Crippen LogP contribution in [0.15, 0.2) is 78.9 Å². The van der Waals surface area contributed by atoms with Crippen molar-refractivity contribution in [1.29, 1.82) is 0 Å². The molecule has 0 heterocycles. The van der Waals surface area contributed by atoms with Crippen molar-refractivity contribution in [3.63, 3.8) is 0 Å². The third kappa shape index (κ3) is 14.3. The van der Waals surface area contributed by atoms with Crippen LogP contribution in [0.3, 0.4) is 0 Å². The van der Waals surface area contributed by atoms with E-state index in [9.17, 15) is 37.1 Å². The summed E-state index contributed by atoms with van der Waals surface area (Å²) in [5, 5.41) is 11.4. The lowest BCUT2D eigenvalue weighted by Crippen LogP contribution is -2.63. The summed E-state index contributed by atoms with van der Waals surface area (Å²) in [4.78, 5) is 66.3. The summed E-state index contributed by atoms with van der Waals surface area (Å²) in [6.07, 6.45) is -1.86. The van der Waals surface area contributed by atoms with Crippen LogP contribution < -0.4 is 38.1 Å². The zero-order chi connectivity index (χ0) is 40.6. The van der Waals surface area contributed by atoms with Crippen LogP contribution in [0.5, 0.6) is 0 Å². The summed E-state index contributed by atoms with van der Waals surface area (Å²) in [5.74, 6) is -3.19. The van der Waals surface area contributed by atoms with Crippen molar-refractivity contribution < 1.29 is 37.1 Å². The van der Waals surface area contributed by atoms with Gasteiger partial charge in [-0.3, -0.25) is 24.0 Å². The predicted octanol–water partition coefficient (Wildman–Crippen LogP) is 3.04. The number of amides is 5. The van der Waals surface area contributed by atoms with E-state index >= 15 is 0 Å². The van der Waals surface area contributed by atoms with Crippen molar-refractivity contribution in [2.24, 2.45) is 11.5 Å². The second-order valence-corrected chi connectivity index (χ2v) is 14.3. The minimum atomic E-state index is -4.50. The number of nitrogens with two attached hydrogens (primary N) is 2. The van der Waals surface area contributed by atoms with E-state index < -0.39 is 64.6 Å². The van der Waals surface area contributed by atoms with E-state index in [1.54, 1.807) is 12.1 Å². The summed E-state index contributed by atoms with van der Waals surface area (Å²) in [5.41, 5.74) is 13.1. The van der Waals surface area contributed by atoms with Crippen molar-refractivity contribution in [1.82, 2.24) is 26.6 Å². The number of carbonyl (C=O) groups is 5. The fourth-order valence-corrected chi connectivity index (χ4v) is 5.62. The second-order valence-electron chi connectivity index (χ2n) is 13.3. The number of nitrogens with one attached hydrogen (secondary N) is 5. The highest BCUT2D eigenvalue weighted by Crippen LogP contribution is 2.29. The Bertz CT molecular complexity index is 1730. The smallest absolute Gasteiger partial charge is 0.350 e. The Labute approximate surface area is 322 Å². The molecular weight excluding hydrogens is 732 g/mol. The maximum absolute atomic E-state index is 13.4. The molecule has 0 saturated heterocycles. The molecule has 4 atom stereocenters. The molecular formula is C39H49F3N7O5Si. The minimum absolute atomic E-state index is 0.0898. The number of unbranched alkanes of at least 4 members (excludes halogenated alkanes) is 2. The van der Waals surface area contributed by atoms with Gasteiger partial charge in [0.15, 0.2) is 0 Å². The van der Waals surface area contributed by atoms with Gasteiger partial charge in [0.2, 0.25) is 23.6 Å². The first kappa shape index (κ1) is 44.3. The van der Waals surface area contributed by atoms with Gasteiger partial charge in [0.25, 0.3) is 5.91 Å². The highest BCUT2D eigenvalue weighted by atomic mass is 28.1. The molecule has 16 heteroatoms. The average Bonchev–Trinajstić information content (AvgIpc) is 3.16. The lowest BCUT2D eigenvalue weighted by atomic mass is 10.0. The number of benzene rings is 3. The standard InChI is InChI=1S/C39H49F3N7O5Si/c1-25(46-36(53)32(13-7-9-23-44)47-34(51)29-18-16-28(17-19-29)27-10-4-3-5-11-27)33(50)49-38(2,55)37(54)48-31(12-6-8-22-43)35(52)45-24-26-14-20-30(21-15-26)39(40,41)42/h3-5,10-11,14-21,25,31-32H,6-9,12-13,22-24,43-44H2,1-2H3,(H,45,52)(H,46,53)(H,47,51)(H,48,54)(H,49,50)/t25-,31-,32-,38+/m0/s1. The average molecular weight is 781 g/mol. The minimum Gasteiger partial charge on any atom is -0.350 e. The lowest BCUT2D eigenvalue weighted by Gasteiger charge is -2.30. The Balaban J connectivity index is 1.61. The van der Waals surface area contributed by atoms with Gasteiger partial charge in [-0.25, -0.2) is 0 Å². The monoisotopic (exact) mass is 780 g/mol. The molecule has 3 radical (unpaired) electrons. The van der Waals surface area contributed by atoms with E-state index in [1.165, 1.54) is 26.0 Å². The summed E-state index contributed by atoms with van der Waals surface area (Å²) >= 11 is 0. The Morgan fingerprint density at radius 3 is 1.78 bits per heavy atom. The Morgan fingerprint density at radius 1 is 0.691 bits per heavy atom. The Hall–Kier alpha value is -5.06. The van der Waals surface area contributed by atoms with Crippen molar-refractivity contribution in [2.45, 2.75) is 88.4 Å². The number of hydrogen-bond donors (Lipinski definition) is 7. The summed E-state index contributed by atoms with van der Waals surface area (Å²) in [7, 11) is 3.29. The first-order valence-electron chi connectivity index (χ1n) is 18.0. The molecule has 5 amide bonds. The molecule has 0 aliphatic rings. The van der Waals surface area contributed by atoms with E-state index in [-0.39, 0.29) is 19.4 Å². The number of hydrogen-bond acceptors (Lipinski definition) is 7. The topological polar surface area (TPSA) is 198 Å². The fraction of sp³-hybridized carbons (Fsp3) is 0.410. The number of halogens is 3. The lowest BCUT2D eigenvalue weighted by molar-refractivity contribution is -0.137. The zero-order valence-electron chi connectivity index (χ0n) is 30.9. The van der Waals surface area contributed by atoms with Gasteiger partial charge in [0.05, 0.1) is 21.0 Å². The highest BCUT2D eigenvalue weighted by Gasteiger charge is 2.35. The molecule has 3 aromatic carbocycles. The van der Waals surface area contributed by atoms with Crippen LogP contribution in [-0.4, -0.2) is 76.2 Å². The molecule has 0 aliphatic carbocycles. The van der Waals surface area contributed by atoms with Crippen LogP contribution in [0.1, 0.15) is 73.9 Å². The van der Waals surface area contributed by atoms with Gasteiger partial charge in [0.1, 0.15) is 18.1 Å². The summed E-state index contributed by atoms with van der Waals surface area (Å²) in [6, 6.07) is 17.7. The SMILES string of the molecule is C[C@H](NC(=O)[C@H](CCCCN)NC(=O)c1ccc(-c2ccccc2)cc1)C(=O)N[C@](C)([Si])C(=O)N[C@@H](CCCCN)C(=O)NCc1ccc(C(F)(F)F)cc1. The van der Waals surface area contributed by atoms with Crippen molar-refractivity contribution in [3.05, 3.63) is 95.6 Å². The molecule has 55 heavy (non-hydrogen) atoms. The number of carbonyl (C=O) groups excluding carboxylic acids is 5. The van der Waals surface area contributed by atoms with Gasteiger partial charge < -0.3 is 38.1 Å². The highest BCUT2D eigenvalue weighted by molar-refractivity contribution is 6.29. The molecule has 0 aliphatic heterocycles. The molecule has 9 N–H and O–H groups in total. The third-order valence-electron chi connectivity index (χ3n) is 8.72. The first-order valence-corrected chi connectivity index (χ1v) is 18.5. The molecule has 12 nitrogen and oxygen atoms in total. The van der Waals surface area contributed by atoms with Gasteiger partial charge >= 0.3 is 6.18 Å². The van der Waals surface area contributed by atoms with Crippen molar-refractivity contribution >= 4 is 39.8 Å². The van der Waals surface area contributed by atoms with Crippen LogP contribution >= 0.6 is 0 Å². The Kier molecular flexibility index (Phi) is 17.0. The van der Waals surface area contributed by atoms with Crippen LogP contribution in [-0.2, 0) is 31.9 Å². The van der Waals surface area contributed by atoms with E-state index in [1.807, 2.05) is 42.5 Å². The van der Waals surface area contributed by atoms with Crippen LogP contribution in [0.2, 0.25) is 0 Å². The maximum atomic E-state index is 13.4.